The molecule has 0 amide bonds. The minimum atomic E-state index is -1.19. The van der Waals surface area contributed by atoms with Crippen LogP contribution < -0.4 is 5.32 Å². The predicted octanol–water partition coefficient (Wildman–Crippen LogP) is 6.02. The van der Waals surface area contributed by atoms with Crippen LogP contribution in [0.2, 0.25) is 5.02 Å². The highest BCUT2D eigenvalue weighted by Gasteiger charge is 2.27. The SMILES string of the molecule is Cc1nc(NC(Cc2ccccc2)C(=O)OC2CCCC2)sc1-c1ccc(Cl)c(S(C)=O)c1. The van der Waals surface area contributed by atoms with Crippen molar-refractivity contribution in [2.75, 3.05) is 11.6 Å². The largest absolute Gasteiger partial charge is 0.461 e. The molecule has 2 aromatic carbocycles. The molecule has 0 bridgehead atoms. The van der Waals surface area contributed by atoms with Crippen molar-refractivity contribution >= 4 is 44.8 Å². The number of benzene rings is 2. The van der Waals surface area contributed by atoms with E-state index < -0.39 is 16.8 Å². The van der Waals surface area contributed by atoms with Crippen molar-refractivity contribution in [3.8, 4) is 10.4 Å². The second-order valence-corrected chi connectivity index (χ2v) is 11.0. The molecule has 1 aliphatic carbocycles. The van der Waals surface area contributed by atoms with Gasteiger partial charge in [0.1, 0.15) is 12.1 Å². The van der Waals surface area contributed by atoms with Gasteiger partial charge in [-0.05, 0) is 55.9 Å². The zero-order valence-corrected chi connectivity index (χ0v) is 21.1. The van der Waals surface area contributed by atoms with Gasteiger partial charge in [0, 0.05) is 12.7 Å². The summed E-state index contributed by atoms with van der Waals surface area (Å²) in [5, 5.41) is 4.47. The lowest BCUT2D eigenvalue weighted by atomic mass is 10.1. The first-order valence-corrected chi connectivity index (χ1v) is 13.8. The number of hydrogen-bond donors (Lipinski definition) is 1. The predicted molar refractivity (Wildman–Crippen MR) is 136 cm³/mol. The molecule has 0 saturated heterocycles. The van der Waals surface area contributed by atoms with Gasteiger partial charge in [-0.25, -0.2) is 9.78 Å². The molecule has 1 heterocycles. The van der Waals surface area contributed by atoms with Gasteiger partial charge in [-0.3, -0.25) is 4.21 Å². The second-order valence-electron chi connectivity index (χ2n) is 8.26. The number of aryl methyl sites for hydroxylation is 1. The summed E-state index contributed by atoms with van der Waals surface area (Å²) in [5.74, 6) is -0.240. The maximum atomic E-state index is 13.1. The number of thiazole rings is 1. The zero-order chi connectivity index (χ0) is 23.4. The highest BCUT2D eigenvalue weighted by Crippen LogP contribution is 2.35. The van der Waals surface area contributed by atoms with Gasteiger partial charge >= 0.3 is 5.97 Å². The molecule has 174 valence electrons. The number of ether oxygens (including phenoxy) is 1. The van der Waals surface area contributed by atoms with Crippen molar-refractivity contribution < 1.29 is 13.7 Å². The van der Waals surface area contributed by atoms with E-state index in [1.165, 1.54) is 11.3 Å². The van der Waals surface area contributed by atoms with Crippen LogP contribution in [0.5, 0.6) is 0 Å². The summed E-state index contributed by atoms with van der Waals surface area (Å²) in [7, 11) is -1.19. The Morgan fingerprint density at radius 1 is 1.24 bits per heavy atom. The molecule has 1 aliphatic rings. The number of hydrogen-bond acceptors (Lipinski definition) is 6. The third-order valence-electron chi connectivity index (χ3n) is 5.75. The first-order valence-electron chi connectivity index (χ1n) is 11.0. The van der Waals surface area contributed by atoms with Gasteiger partial charge in [0.2, 0.25) is 0 Å². The molecule has 4 rings (SSSR count). The Hall–Kier alpha value is -2.22. The standard InChI is InChI=1S/C25H27ClN2O3S2/c1-16-23(18-12-13-20(26)22(15-18)33(2)30)32-25(27-16)28-21(14-17-8-4-3-5-9-17)24(29)31-19-10-6-7-11-19/h3-5,8-9,12-13,15,19,21H,6-7,10-11,14H2,1-2H3,(H,27,28). The molecule has 0 radical (unpaired) electrons. The fourth-order valence-corrected chi connectivity index (χ4v) is 6.13. The summed E-state index contributed by atoms with van der Waals surface area (Å²) in [6, 6.07) is 14.9. The van der Waals surface area contributed by atoms with E-state index in [1.54, 1.807) is 12.3 Å². The van der Waals surface area contributed by atoms with Crippen LogP contribution in [0.15, 0.2) is 53.4 Å². The number of carbonyl (C=O) groups is 1. The molecule has 1 saturated carbocycles. The molecule has 5 nitrogen and oxygen atoms in total. The van der Waals surface area contributed by atoms with E-state index >= 15 is 0 Å². The molecular weight excluding hydrogens is 476 g/mol. The summed E-state index contributed by atoms with van der Waals surface area (Å²) in [5.41, 5.74) is 2.79. The number of esters is 1. The van der Waals surface area contributed by atoms with Crippen molar-refractivity contribution in [3.05, 3.63) is 64.8 Å². The monoisotopic (exact) mass is 502 g/mol. The molecule has 33 heavy (non-hydrogen) atoms. The lowest BCUT2D eigenvalue weighted by Crippen LogP contribution is -2.35. The molecule has 8 heteroatoms. The molecule has 2 atom stereocenters. The van der Waals surface area contributed by atoms with Gasteiger partial charge < -0.3 is 10.1 Å². The van der Waals surface area contributed by atoms with E-state index in [2.05, 4.69) is 10.3 Å². The third-order valence-corrected chi connectivity index (χ3v) is 8.29. The van der Waals surface area contributed by atoms with Gasteiger partial charge in [0.25, 0.3) is 0 Å². The van der Waals surface area contributed by atoms with Crippen molar-refractivity contribution in [2.24, 2.45) is 0 Å². The van der Waals surface area contributed by atoms with E-state index in [-0.39, 0.29) is 12.1 Å². The Bertz CT molecular complexity index is 1140. The lowest BCUT2D eigenvalue weighted by molar-refractivity contribution is -0.149. The van der Waals surface area contributed by atoms with E-state index in [9.17, 15) is 9.00 Å². The Kier molecular flexibility index (Phi) is 7.83. The number of carbonyl (C=O) groups excluding carboxylic acids is 1. The van der Waals surface area contributed by atoms with Crippen molar-refractivity contribution in [1.82, 2.24) is 4.98 Å². The molecule has 1 aromatic heterocycles. The molecule has 3 aromatic rings. The highest BCUT2D eigenvalue weighted by molar-refractivity contribution is 7.84. The number of aromatic nitrogens is 1. The number of nitrogens with one attached hydrogen (secondary N) is 1. The van der Waals surface area contributed by atoms with E-state index in [0.29, 0.717) is 21.5 Å². The van der Waals surface area contributed by atoms with E-state index in [0.717, 1.165) is 47.4 Å². The Labute approximate surface area is 206 Å². The van der Waals surface area contributed by atoms with Crippen LogP contribution in [0.3, 0.4) is 0 Å². The summed E-state index contributed by atoms with van der Waals surface area (Å²) >= 11 is 7.67. The summed E-state index contributed by atoms with van der Waals surface area (Å²) < 4.78 is 17.8. The van der Waals surface area contributed by atoms with Gasteiger partial charge in [-0.15, -0.1) is 0 Å². The number of rotatable bonds is 8. The maximum absolute atomic E-state index is 13.1. The summed E-state index contributed by atoms with van der Waals surface area (Å²) in [4.78, 5) is 19.3. The third kappa shape index (κ3) is 6.02. The Morgan fingerprint density at radius 2 is 1.97 bits per heavy atom. The van der Waals surface area contributed by atoms with E-state index in [4.69, 9.17) is 16.3 Å². The van der Waals surface area contributed by atoms with Crippen LogP contribution in [0.25, 0.3) is 10.4 Å². The average molecular weight is 503 g/mol. The van der Waals surface area contributed by atoms with Crippen LogP contribution in [0.4, 0.5) is 5.13 Å². The van der Waals surface area contributed by atoms with Gasteiger partial charge in [0.15, 0.2) is 5.13 Å². The fraction of sp³-hybridized carbons (Fsp3) is 0.360. The van der Waals surface area contributed by atoms with Crippen LogP contribution in [0, 0.1) is 6.92 Å². The van der Waals surface area contributed by atoms with E-state index in [1.807, 2.05) is 49.4 Å². The number of halogens is 1. The van der Waals surface area contributed by atoms with Crippen molar-refractivity contribution in [1.29, 1.82) is 0 Å². The van der Waals surface area contributed by atoms with Crippen LogP contribution >= 0.6 is 22.9 Å². The summed E-state index contributed by atoms with van der Waals surface area (Å²) in [6.07, 6.45) is 6.21. The number of nitrogens with zero attached hydrogens (tertiary/aromatic N) is 1. The smallest absolute Gasteiger partial charge is 0.329 e. The van der Waals surface area contributed by atoms with Gasteiger partial charge in [0.05, 0.1) is 31.3 Å². The van der Waals surface area contributed by atoms with Crippen LogP contribution in [-0.2, 0) is 26.8 Å². The van der Waals surface area contributed by atoms with Crippen LogP contribution in [0.1, 0.15) is 36.9 Å². The minimum absolute atomic E-state index is 0.00793. The second kappa shape index (κ2) is 10.8. The Balaban J connectivity index is 1.57. The normalized spacial score (nSPS) is 15.8. The quantitative estimate of drug-likeness (QED) is 0.381. The van der Waals surface area contributed by atoms with Crippen LogP contribution in [-0.4, -0.2) is 33.6 Å². The number of anilines is 1. The topological polar surface area (TPSA) is 68.3 Å². The average Bonchev–Trinajstić information content (AvgIpc) is 3.43. The first-order chi connectivity index (χ1) is 15.9. The molecule has 2 unspecified atom stereocenters. The lowest BCUT2D eigenvalue weighted by Gasteiger charge is -2.20. The van der Waals surface area contributed by atoms with Gasteiger partial charge in [-0.1, -0.05) is 59.3 Å². The fourth-order valence-electron chi connectivity index (χ4n) is 4.04. The molecule has 1 N–H and O–H groups in total. The molecule has 0 spiro atoms. The van der Waals surface area contributed by atoms with Gasteiger partial charge in [-0.2, -0.15) is 0 Å². The maximum Gasteiger partial charge on any atom is 0.329 e. The highest BCUT2D eigenvalue weighted by atomic mass is 35.5. The first kappa shape index (κ1) is 23.9. The van der Waals surface area contributed by atoms with Crippen molar-refractivity contribution in [3.63, 3.8) is 0 Å². The molecule has 1 fully saturated rings. The summed E-state index contributed by atoms with van der Waals surface area (Å²) in [6.45, 7) is 1.93. The molecule has 0 aliphatic heterocycles. The van der Waals surface area contributed by atoms with Crippen molar-refractivity contribution in [2.45, 2.75) is 56.1 Å². The zero-order valence-electron chi connectivity index (χ0n) is 18.7. The Morgan fingerprint density at radius 3 is 2.67 bits per heavy atom. The molecular formula is C25H27ClN2O3S2. The minimum Gasteiger partial charge on any atom is -0.461 e.